The van der Waals surface area contributed by atoms with Gasteiger partial charge < -0.3 is 5.11 Å². The zero-order valence-electron chi connectivity index (χ0n) is 7.08. The topological polar surface area (TPSA) is 40.5 Å². The molecule has 1 rings (SSSR count). The maximum absolute atomic E-state index is 10.7. The molecule has 2 atom stereocenters. The molecule has 11 heavy (non-hydrogen) atoms. The van der Waals surface area contributed by atoms with Crippen LogP contribution in [-0.2, 0) is 4.79 Å². The lowest BCUT2D eigenvalue weighted by atomic mass is 9.93. The van der Waals surface area contributed by atoms with E-state index in [0.717, 1.165) is 19.4 Å². The fraction of sp³-hybridized carbons (Fsp3) is 0.875. The van der Waals surface area contributed by atoms with Crippen molar-refractivity contribution in [2.75, 3.05) is 13.6 Å². The smallest absolute Gasteiger partial charge is 0.320 e. The van der Waals surface area contributed by atoms with Gasteiger partial charge in [0.2, 0.25) is 0 Å². The third-order valence-corrected chi connectivity index (χ3v) is 2.42. The number of likely N-dealkylation sites (tertiary alicyclic amines) is 1. The fourth-order valence-electron chi connectivity index (χ4n) is 1.55. The third kappa shape index (κ3) is 1.93. The van der Waals surface area contributed by atoms with Gasteiger partial charge in [0.05, 0.1) is 0 Å². The van der Waals surface area contributed by atoms with Crippen molar-refractivity contribution < 1.29 is 9.90 Å². The molecule has 0 saturated carbocycles. The Kier molecular flexibility index (Phi) is 2.49. The van der Waals surface area contributed by atoms with Crippen molar-refractivity contribution in [3.8, 4) is 0 Å². The molecule has 1 N–H and O–H groups in total. The van der Waals surface area contributed by atoms with E-state index in [9.17, 15) is 4.79 Å². The molecule has 64 valence electrons. The second kappa shape index (κ2) is 3.22. The minimum Gasteiger partial charge on any atom is -0.480 e. The van der Waals surface area contributed by atoms with Crippen molar-refractivity contribution in [1.82, 2.24) is 4.90 Å². The Morgan fingerprint density at radius 2 is 2.27 bits per heavy atom. The van der Waals surface area contributed by atoms with Gasteiger partial charge in [-0.1, -0.05) is 6.92 Å². The largest absolute Gasteiger partial charge is 0.480 e. The lowest BCUT2D eigenvalue weighted by Gasteiger charge is -2.32. The van der Waals surface area contributed by atoms with Crippen LogP contribution in [0.25, 0.3) is 0 Å². The first-order chi connectivity index (χ1) is 5.11. The molecule has 0 spiro atoms. The highest BCUT2D eigenvalue weighted by atomic mass is 16.4. The number of piperidine rings is 1. The van der Waals surface area contributed by atoms with Crippen LogP contribution in [-0.4, -0.2) is 35.6 Å². The average molecular weight is 157 g/mol. The van der Waals surface area contributed by atoms with Gasteiger partial charge in [0.15, 0.2) is 0 Å². The Morgan fingerprint density at radius 3 is 2.73 bits per heavy atom. The second-order valence-corrected chi connectivity index (χ2v) is 3.46. The summed E-state index contributed by atoms with van der Waals surface area (Å²) in [7, 11) is 1.88. The van der Waals surface area contributed by atoms with E-state index in [2.05, 4.69) is 6.92 Å². The van der Waals surface area contributed by atoms with E-state index in [-0.39, 0.29) is 6.04 Å². The summed E-state index contributed by atoms with van der Waals surface area (Å²) in [4.78, 5) is 12.6. The molecule has 0 aromatic heterocycles. The molecule has 0 radical (unpaired) electrons. The number of aliphatic carboxylic acids is 1. The molecule has 0 aliphatic carbocycles. The van der Waals surface area contributed by atoms with Crippen LogP contribution in [0.1, 0.15) is 19.8 Å². The molecule has 1 aliphatic rings. The molecular weight excluding hydrogens is 142 g/mol. The first kappa shape index (κ1) is 8.53. The Bertz CT molecular complexity index is 158. The highest BCUT2D eigenvalue weighted by Gasteiger charge is 2.28. The van der Waals surface area contributed by atoms with E-state index < -0.39 is 5.97 Å². The number of carbonyl (C=O) groups is 1. The minimum absolute atomic E-state index is 0.251. The molecule has 1 fully saturated rings. The highest BCUT2D eigenvalue weighted by molar-refractivity contribution is 5.73. The molecule has 1 heterocycles. The fourth-order valence-corrected chi connectivity index (χ4v) is 1.55. The zero-order chi connectivity index (χ0) is 8.43. The van der Waals surface area contributed by atoms with Crippen molar-refractivity contribution in [2.24, 2.45) is 5.92 Å². The molecule has 0 aromatic rings. The molecule has 0 bridgehead atoms. The summed E-state index contributed by atoms with van der Waals surface area (Å²) >= 11 is 0. The van der Waals surface area contributed by atoms with Gasteiger partial charge in [0, 0.05) is 0 Å². The maximum Gasteiger partial charge on any atom is 0.320 e. The first-order valence-corrected chi connectivity index (χ1v) is 4.04. The number of likely N-dealkylation sites (N-methyl/N-ethyl adjacent to an activating group) is 1. The number of rotatable bonds is 1. The van der Waals surface area contributed by atoms with Gasteiger partial charge in [-0.15, -0.1) is 0 Å². The third-order valence-electron chi connectivity index (χ3n) is 2.42. The van der Waals surface area contributed by atoms with E-state index in [1.807, 2.05) is 11.9 Å². The number of hydrogen-bond donors (Lipinski definition) is 1. The standard InChI is InChI=1S/C8H15NO2/c1-6-3-4-9(2)7(5-6)8(10)11/h6-7H,3-5H2,1-2H3,(H,10,11)/t6-,7?/m0/s1. The quantitative estimate of drug-likeness (QED) is 0.612. The van der Waals surface area contributed by atoms with Crippen LogP contribution in [0.4, 0.5) is 0 Å². The molecule has 1 aliphatic heterocycles. The molecule has 0 aromatic carbocycles. The molecule has 0 amide bonds. The normalized spacial score (nSPS) is 33.6. The summed E-state index contributed by atoms with van der Waals surface area (Å²) in [5.74, 6) is -0.119. The molecule has 1 saturated heterocycles. The number of carboxylic acids is 1. The van der Waals surface area contributed by atoms with Crippen LogP contribution >= 0.6 is 0 Å². The van der Waals surface area contributed by atoms with Gasteiger partial charge in [-0.25, -0.2) is 0 Å². The lowest BCUT2D eigenvalue weighted by molar-refractivity contribution is -0.144. The van der Waals surface area contributed by atoms with Gasteiger partial charge in [-0.05, 0) is 32.4 Å². The van der Waals surface area contributed by atoms with Crippen molar-refractivity contribution in [3.63, 3.8) is 0 Å². The van der Waals surface area contributed by atoms with Gasteiger partial charge in [0.25, 0.3) is 0 Å². The van der Waals surface area contributed by atoms with Crippen LogP contribution in [0.3, 0.4) is 0 Å². The van der Waals surface area contributed by atoms with Crippen LogP contribution in [0.5, 0.6) is 0 Å². The predicted octanol–water partition coefficient (Wildman–Crippen LogP) is 0.801. The zero-order valence-corrected chi connectivity index (χ0v) is 7.08. The molecule has 3 nitrogen and oxygen atoms in total. The Morgan fingerprint density at radius 1 is 1.64 bits per heavy atom. The SMILES string of the molecule is C[C@H]1CCN(C)C(C(=O)O)C1. The van der Waals surface area contributed by atoms with Crippen molar-refractivity contribution >= 4 is 5.97 Å². The van der Waals surface area contributed by atoms with Crippen LogP contribution in [0.2, 0.25) is 0 Å². The van der Waals surface area contributed by atoms with Crippen LogP contribution < -0.4 is 0 Å². The van der Waals surface area contributed by atoms with Gasteiger partial charge >= 0.3 is 5.97 Å². The summed E-state index contributed by atoms with van der Waals surface area (Å²) in [5.41, 5.74) is 0. The van der Waals surface area contributed by atoms with Gasteiger partial charge in [-0.3, -0.25) is 9.69 Å². The minimum atomic E-state index is -0.681. The predicted molar refractivity (Wildman–Crippen MR) is 42.5 cm³/mol. The Labute approximate surface area is 67.0 Å². The first-order valence-electron chi connectivity index (χ1n) is 4.04. The van der Waals surface area contributed by atoms with E-state index in [1.54, 1.807) is 0 Å². The Hall–Kier alpha value is -0.570. The van der Waals surface area contributed by atoms with Gasteiger partial charge in [-0.2, -0.15) is 0 Å². The van der Waals surface area contributed by atoms with Crippen molar-refractivity contribution in [1.29, 1.82) is 0 Å². The summed E-state index contributed by atoms with van der Waals surface area (Å²) in [6, 6.07) is -0.251. The van der Waals surface area contributed by atoms with Gasteiger partial charge in [0.1, 0.15) is 6.04 Å². The van der Waals surface area contributed by atoms with E-state index >= 15 is 0 Å². The van der Waals surface area contributed by atoms with Crippen molar-refractivity contribution in [3.05, 3.63) is 0 Å². The molecular formula is C8H15NO2. The van der Waals surface area contributed by atoms with E-state index in [4.69, 9.17) is 5.11 Å². The van der Waals surface area contributed by atoms with E-state index in [0.29, 0.717) is 5.92 Å². The highest BCUT2D eigenvalue weighted by Crippen LogP contribution is 2.20. The second-order valence-electron chi connectivity index (χ2n) is 3.46. The average Bonchev–Trinajstić information content (AvgIpc) is 1.94. The molecule has 3 heteroatoms. The summed E-state index contributed by atoms with van der Waals surface area (Å²) in [5, 5.41) is 8.78. The van der Waals surface area contributed by atoms with Crippen LogP contribution in [0, 0.1) is 5.92 Å². The number of hydrogen-bond acceptors (Lipinski definition) is 2. The Balaban J connectivity index is 2.54. The lowest BCUT2D eigenvalue weighted by Crippen LogP contribution is -2.44. The van der Waals surface area contributed by atoms with E-state index in [1.165, 1.54) is 0 Å². The maximum atomic E-state index is 10.7. The number of carboxylic acid groups (broad SMARTS) is 1. The molecule has 1 unspecified atom stereocenters. The monoisotopic (exact) mass is 157 g/mol. The summed E-state index contributed by atoms with van der Waals surface area (Å²) < 4.78 is 0. The summed E-state index contributed by atoms with van der Waals surface area (Å²) in [6.45, 7) is 3.03. The summed E-state index contributed by atoms with van der Waals surface area (Å²) in [6.07, 6.45) is 1.92. The van der Waals surface area contributed by atoms with Crippen molar-refractivity contribution in [2.45, 2.75) is 25.8 Å². The van der Waals surface area contributed by atoms with Crippen LogP contribution in [0.15, 0.2) is 0 Å². The number of nitrogens with zero attached hydrogens (tertiary/aromatic N) is 1.